The van der Waals surface area contributed by atoms with Gasteiger partial charge >= 0.3 is 0 Å². The lowest BCUT2D eigenvalue weighted by Gasteiger charge is -2.26. The molecule has 0 radical (unpaired) electrons. The number of unbranched alkanes of at least 4 members (excludes halogenated alkanes) is 2. The summed E-state index contributed by atoms with van der Waals surface area (Å²) >= 11 is 0. The average Bonchev–Trinajstić information content (AvgIpc) is 2.65. The molecule has 1 aliphatic heterocycles. The van der Waals surface area contributed by atoms with Crippen molar-refractivity contribution in [1.29, 1.82) is 0 Å². The first-order chi connectivity index (χ1) is 12.3. The lowest BCUT2D eigenvalue weighted by Crippen LogP contribution is -2.38. The molecule has 2 N–H and O–H groups in total. The third-order valence-corrected chi connectivity index (χ3v) is 4.74. The molecule has 1 aromatic rings. The Bertz CT molecular complexity index is 495. The lowest BCUT2D eigenvalue weighted by atomic mass is 10.1. The van der Waals surface area contributed by atoms with Crippen LogP contribution in [0.5, 0.6) is 0 Å². The fourth-order valence-corrected chi connectivity index (χ4v) is 3.22. The summed E-state index contributed by atoms with van der Waals surface area (Å²) in [6.07, 6.45) is 8.74. The summed E-state index contributed by atoms with van der Waals surface area (Å²) in [6, 6.07) is 6.67. The number of halogens is 1. The van der Waals surface area contributed by atoms with Gasteiger partial charge in [-0.25, -0.2) is 4.39 Å². The van der Waals surface area contributed by atoms with E-state index in [0.717, 1.165) is 31.0 Å². The van der Waals surface area contributed by atoms with E-state index in [2.05, 4.69) is 20.5 Å². The summed E-state index contributed by atoms with van der Waals surface area (Å²) in [4.78, 5) is 6.85. The summed E-state index contributed by atoms with van der Waals surface area (Å²) in [5.74, 6) is 0.660. The topological polar surface area (TPSA) is 39.7 Å². The third kappa shape index (κ3) is 8.34. The second-order valence-corrected chi connectivity index (χ2v) is 6.77. The molecule has 0 aromatic heterocycles. The SMILES string of the molecule is CN=C(NCCCCCN1CCCCC1)NCCc1ccc(F)cc1. The number of rotatable bonds is 9. The number of nitrogens with zero attached hydrogens (tertiary/aromatic N) is 2. The molecular weight excluding hydrogens is 315 g/mol. The zero-order chi connectivity index (χ0) is 17.7. The predicted octanol–water partition coefficient (Wildman–Crippen LogP) is 3.19. The Labute approximate surface area is 151 Å². The van der Waals surface area contributed by atoms with Gasteiger partial charge in [-0.15, -0.1) is 0 Å². The first-order valence-corrected chi connectivity index (χ1v) is 9.69. The molecule has 0 saturated carbocycles. The predicted molar refractivity (Wildman–Crippen MR) is 104 cm³/mol. The number of nitrogens with one attached hydrogen (secondary N) is 2. The van der Waals surface area contributed by atoms with Crippen LogP contribution in [0.1, 0.15) is 44.1 Å². The molecule has 4 nitrogen and oxygen atoms in total. The molecule has 25 heavy (non-hydrogen) atoms. The molecule has 0 amide bonds. The van der Waals surface area contributed by atoms with Crippen LogP contribution < -0.4 is 10.6 Å². The molecule has 2 rings (SSSR count). The lowest BCUT2D eigenvalue weighted by molar-refractivity contribution is 0.224. The largest absolute Gasteiger partial charge is 0.356 e. The van der Waals surface area contributed by atoms with Crippen LogP contribution >= 0.6 is 0 Å². The number of aliphatic imine (C=N–C) groups is 1. The first kappa shape index (κ1) is 19.7. The van der Waals surface area contributed by atoms with Crippen LogP contribution in [0.3, 0.4) is 0 Å². The standard InChI is InChI=1S/C20H33FN4/c1-22-20(24-14-12-18-8-10-19(21)11-9-18)23-13-4-2-5-15-25-16-6-3-7-17-25/h8-11H,2-7,12-17H2,1H3,(H2,22,23,24). The van der Waals surface area contributed by atoms with E-state index in [1.54, 1.807) is 7.05 Å². The van der Waals surface area contributed by atoms with Crippen molar-refractivity contribution in [2.75, 3.05) is 39.8 Å². The molecule has 0 bridgehead atoms. The maximum absolute atomic E-state index is 12.9. The molecule has 1 aromatic carbocycles. The quantitative estimate of drug-likeness (QED) is 0.409. The van der Waals surface area contributed by atoms with E-state index in [1.807, 2.05) is 12.1 Å². The number of guanidine groups is 1. The molecule has 5 heteroatoms. The van der Waals surface area contributed by atoms with Gasteiger partial charge in [0.25, 0.3) is 0 Å². The fraction of sp³-hybridized carbons (Fsp3) is 0.650. The number of hydrogen-bond acceptors (Lipinski definition) is 2. The van der Waals surface area contributed by atoms with Gasteiger partial charge in [-0.2, -0.15) is 0 Å². The molecular formula is C20H33FN4. The highest BCUT2D eigenvalue weighted by atomic mass is 19.1. The van der Waals surface area contributed by atoms with Crippen molar-refractivity contribution in [3.63, 3.8) is 0 Å². The maximum Gasteiger partial charge on any atom is 0.190 e. The minimum atomic E-state index is -0.186. The van der Waals surface area contributed by atoms with Crippen LogP contribution in [-0.4, -0.2) is 50.6 Å². The van der Waals surface area contributed by atoms with Gasteiger partial charge in [0, 0.05) is 20.1 Å². The molecule has 1 heterocycles. The van der Waals surface area contributed by atoms with Crippen molar-refractivity contribution in [1.82, 2.24) is 15.5 Å². The van der Waals surface area contributed by atoms with Gasteiger partial charge in [-0.3, -0.25) is 4.99 Å². The molecule has 0 aliphatic carbocycles. The Morgan fingerprint density at radius 1 is 1.00 bits per heavy atom. The van der Waals surface area contributed by atoms with Gasteiger partial charge < -0.3 is 15.5 Å². The van der Waals surface area contributed by atoms with Crippen molar-refractivity contribution in [2.24, 2.45) is 4.99 Å². The number of hydrogen-bond donors (Lipinski definition) is 2. The van der Waals surface area contributed by atoms with Gasteiger partial charge in [-0.1, -0.05) is 25.0 Å². The molecule has 0 spiro atoms. The summed E-state index contributed by atoms with van der Waals surface area (Å²) in [5.41, 5.74) is 1.13. The van der Waals surface area contributed by atoms with Crippen LogP contribution in [0.2, 0.25) is 0 Å². The Balaban J connectivity index is 1.49. The van der Waals surface area contributed by atoms with Gasteiger partial charge in [0.15, 0.2) is 5.96 Å². The zero-order valence-electron chi connectivity index (χ0n) is 15.6. The summed E-state index contributed by atoms with van der Waals surface area (Å²) in [7, 11) is 1.80. The van der Waals surface area contributed by atoms with Gasteiger partial charge in [0.1, 0.15) is 5.82 Å². The highest BCUT2D eigenvalue weighted by Gasteiger charge is 2.08. The zero-order valence-corrected chi connectivity index (χ0v) is 15.6. The van der Waals surface area contributed by atoms with E-state index < -0.39 is 0 Å². The van der Waals surface area contributed by atoms with Crippen molar-refractivity contribution in [2.45, 2.75) is 44.9 Å². The fourth-order valence-electron chi connectivity index (χ4n) is 3.22. The second kappa shape index (κ2) is 11.9. The van der Waals surface area contributed by atoms with Crippen molar-refractivity contribution < 1.29 is 4.39 Å². The van der Waals surface area contributed by atoms with E-state index in [1.165, 1.54) is 70.3 Å². The highest BCUT2D eigenvalue weighted by Crippen LogP contribution is 2.09. The average molecular weight is 349 g/mol. The van der Waals surface area contributed by atoms with Crippen LogP contribution in [-0.2, 0) is 6.42 Å². The highest BCUT2D eigenvalue weighted by molar-refractivity contribution is 5.79. The van der Waals surface area contributed by atoms with E-state index in [0.29, 0.717) is 0 Å². The minimum absolute atomic E-state index is 0.186. The van der Waals surface area contributed by atoms with Gasteiger partial charge in [-0.05, 0) is 69.4 Å². The second-order valence-electron chi connectivity index (χ2n) is 6.77. The van der Waals surface area contributed by atoms with Crippen LogP contribution in [0.15, 0.2) is 29.3 Å². The Morgan fingerprint density at radius 3 is 2.44 bits per heavy atom. The minimum Gasteiger partial charge on any atom is -0.356 e. The first-order valence-electron chi connectivity index (χ1n) is 9.69. The van der Waals surface area contributed by atoms with Crippen molar-refractivity contribution in [3.05, 3.63) is 35.6 Å². The molecule has 0 atom stereocenters. The Morgan fingerprint density at radius 2 is 1.72 bits per heavy atom. The van der Waals surface area contributed by atoms with Gasteiger partial charge in [0.05, 0.1) is 0 Å². The molecule has 1 saturated heterocycles. The molecule has 1 aliphatic rings. The summed E-state index contributed by atoms with van der Waals surface area (Å²) in [5, 5.41) is 6.68. The third-order valence-electron chi connectivity index (χ3n) is 4.74. The summed E-state index contributed by atoms with van der Waals surface area (Å²) < 4.78 is 12.9. The van der Waals surface area contributed by atoms with Gasteiger partial charge in [0.2, 0.25) is 0 Å². The van der Waals surface area contributed by atoms with Crippen LogP contribution in [0.4, 0.5) is 4.39 Å². The monoisotopic (exact) mass is 348 g/mol. The van der Waals surface area contributed by atoms with Crippen molar-refractivity contribution in [3.8, 4) is 0 Å². The number of likely N-dealkylation sites (tertiary alicyclic amines) is 1. The van der Waals surface area contributed by atoms with Crippen LogP contribution in [0, 0.1) is 5.82 Å². The number of benzene rings is 1. The molecule has 1 fully saturated rings. The molecule has 0 unspecified atom stereocenters. The molecule has 140 valence electrons. The van der Waals surface area contributed by atoms with E-state index >= 15 is 0 Å². The van der Waals surface area contributed by atoms with E-state index in [-0.39, 0.29) is 5.82 Å². The Hall–Kier alpha value is -1.62. The van der Waals surface area contributed by atoms with E-state index in [4.69, 9.17) is 0 Å². The van der Waals surface area contributed by atoms with Crippen LogP contribution in [0.25, 0.3) is 0 Å². The Kier molecular flexibility index (Phi) is 9.34. The number of piperidine rings is 1. The smallest absolute Gasteiger partial charge is 0.190 e. The van der Waals surface area contributed by atoms with E-state index in [9.17, 15) is 4.39 Å². The van der Waals surface area contributed by atoms with Crippen molar-refractivity contribution >= 4 is 5.96 Å². The normalized spacial score (nSPS) is 16.0. The maximum atomic E-state index is 12.9. The summed E-state index contributed by atoms with van der Waals surface area (Å²) in [6.45, 7) is 5.59.